The molecule has 0 fully saturated rings. The van der Waals surface area contributed by atoms with E-state index in [1.54, 1.807) is 34.9 Å². The van der Waals surface area contributed by atoms with Crippen LogP contribution in [0.2, 0.25) is 0 Å². The van der Waals surface area contributed by atoms with Gasteiger partial charge in [-0.05, 0) is 33.0 Å². The molecule has 0 spiro atoms. The topological polar surface area (TPSA) is 48.9 Å². The van der Waals surface area contributed by atoms with Crippen molar-refractivity contribution in [2.45, 2.75) is 26.3 Å². The fraction of sp³-hybridized carbons (Fsp3) is 0.667. The molecular formula is C9H15N3O2S. The molecule has 0 aliphatic heterocycles. The number of hydrogen-bond acceptors (Lipinski definition) is 3. The molecule has 1 heterocycles. The van der Waals surface area contributed by atoms with Gasteiger partial charge in [0.2, 0.25) is 0 Å². The van der Waals surface area contributed by atoms with Crippen LogP contribution in [-0.2, 0) is 19.6 Å². The Morgan fingerprint density at radius 2 is 1.33 bits per heavy atom. The van der Waals surface area contributed by atoms with Gasteiger partial charge in [-0.25, -0.2) is 14.2 Å². The van der Waals surface area contributed by atoms with Gasteiger partial charge in [-0.15, -0.1) is 0 Å². The van der Waals surface area contributed by atoms with Crippen LogP contribution in [0.3, 0.4) is 0 Å². The first-order valence-corrected chi connectivity index (χ1v) is 4.98. The zero-order valence-electron chi connectivity index (χ0n) is 9.57. The maximum absolute atomic E-state index is 11.9. The molecule has 1 aromatic heterocycles. The number of aromatic nitrogens is 3. The number of rotatable bonds is 0. The molecule has 5 nitrogen and oxygen atoms in total. The van der Waals surface area contributed by atoms with Crippen molar-refractivity contribution in [3.63, 3.8) is 0 Å². The fourth-order valence-corrected chi connectivity index (χ4v) is 1.50. The largest absolute Gasteiger partial charge is 0.334 e. The summed E-state index contributed by atoms with van der Waals surface area (Å²) in [6.45, 7) is 5.41. The lowest BCUT2D eigenvalue weighted by Crippen LogP contribution is -2.51. The molecule has 15 heavy (non-hydrogen) atoms. The van der Waals surface area contributed by atoms with Crippen molar-refractivity contribution in [2.24, 2.45) is 14.1 Å². The van der Waals surface area contributed by atoms with Crippen molar-refractivity contribution in [1.29, 1.82) is 0 Å². The highest BCUT2D eigenvalue weighted by molar-refractivity contribution is 7.71. The first kappa shape index (κ1) is 11.9. The summed E-state index contributed by atoms with van der Waals surface area (Å²) in [4.78, 5) is 23.7. The maximum Gasteiger partial charge on any atom is 0.334 e. The Morgan fingerprint density at radius 1 is 1.00 bits per heavy atom. The molecule has 1 aromatic rings. The van der Waals surface area contributed by atoms with Crippen molar-refractivity contribution in [2.75, 3.05) is 0 Å². The molecule has 0 unspecified atom stereocenters. The minimum absolute atomic E-state index is 0.227. The quantitative estimate of drug-likeness (QED) is 0.604. The summed E-state index contributed by atoms with van der Waals surface area (Å²) in [5, 5.41) is 0. The molecule has 6 heteroatoms. The van der Waals surface area contributed by atoms with Gasteiger partial charge in [0.1, 0.15) is 0 Å². The Hall–Kier alpha value is -1.17. The summed E-state index contributed by atoms with van der Waals surface area (Å²) < 4.78 is 4.01. The lowest BCUT2D eigenvalue weighted by molar-refractivity contribution is 0.336. The average Bonchev–Trinajstić information content (AvgIpc) is 2.09. The van der Waals surface area contributed by atoms with Gasteiger partial charge in [-0.2, -0.15) is 0 Å². The highest BCUT2D eigenvalue weighted by atomic mass is 32.1. The van der Waals surface area contributed by atoms with Crippen LogP contribution in [0.25, 0.3) is 0 Å². The Bertz CT molecular complexity index is 516. The van der Waals surface area contributed by atoms with E-state index < -0.39 is 5.54 Å². The molecule has 0 saturated carbocycles. The van der Waals surface area contributed by atoms with E-state index in [4.69, 9.17) is 12.2 Å². The summed E-state index contributed by atoms with van der Waals surface area (Å²) in [5.74, 6) is 0. The van der Waals surface area contributed by atoms with E-state index >= 15 is 0 Å². The van der Waals surface area contributed by atoms with E-state index in [0.29, 0.717) is 0 Å². The Morgan fingerprint density at radius 3 is 1.60 bits per heavy atom. The third kappa shape index (κ3) is 1.81. The van der Waals surface area contributed by atoms with Crippen LogP contribution < -0.4 is 11.4 Å². The second-order valence-corrected chi connectivity index (χ2v) is 4.84. The van der Waals surface area contributed by atoms with E-state index in [1.165, 1.54) is 13.7 Å². The van der Waals surface area contributed by atoms with Crippen LogP contribution in [0.1, 0.15) is 20.8 Å². The predicted octanol–water partition coefficient (Wildman–Crippen LogP) is 0.370. The highest BCUT2D eigenvalue weighted by Crippen LogP contribution is 2.06. The van der Waals surface area contributed by atoms with Crippen molar-refractivity contribution >= 4 is 12.2 Å². The van der Waals surface area contributed by atoms with Crippen molar-refractivity contribution in [3.8, 4) is 0 Å². The second-order valence-electron chi connectivity index (χ2n) is 4.47. The molecular weight excluding hydrogens is 214 g/mol. The summed E-state index contributed by atoms with van der Waals surface area (Å²) in [7, 11) is 3.12. The van der Waals surface area contributed by atoms with Gasteiger partial charge in [0.15, 0.2) is 4.77 Å². The van der Waals surface area contributed by atoms with Crippen LogP contribution in [-0.4, -0.2) is 13.7 Å². The summed E-state index contributed by atoms with van der Waals surface area (Å²) in [6.07, 6.45) is 0. The zero-order valence-corrected chi connectivity index (χ0v) is 10.4. The standard InChI is InChI=1S/C9H15N3O2S/c1-9(2,3)12-6(13)10(4)8(15)11(5)7(12)14/h1-5H3. The second kappa shape index (κ2) is 3.44. The summed E-state index contributed by atoms with van der Waals surface area (Å²) in [6, 6.07) is 0. The van der Waals surface area contributed by atoms with Gasteiger partial charge in [-0.3, -0.25) is 9.13 Å². The lowest BCUT2D eigenvalue weighted by Gasteiger charge is -2.22. The molecule has 0 aliphatic carbocycles. The molecule has 1 rings (SSSR count). The molecule has 0 bridgehead atoms. The third-order valence-electron chi connectivity index (χ3n) is 2.20. The van der Waals surface area contributed by atoms with Crippen LogP contribution in [0.15, 0.2) is 9.59 Å². The van der Waals surface area contributed by atoms with Crippen LogP contribution in [0.4, 0.5) is 0 Å². The van der Waals surface area contributed by atoms with E-state index in [0.717, 1.165) is 0 Å². The molecule has 0 amide bonds. The SMILES string of the molecule is Cn1c(=S)n(C)c(=O)n(C(C)(C)C)c1=O. The minimum atomic E-state index is -0.549. The Labute approximate surface area is 92.6 Å². The molecule has 0 atom stereocenters. The molecule has 0 N–H and O–H groups in total. The van der Waals surface area contributed by atoms with E-state index in [2.05, 4.69) is 0 Å². The van der Waals surface area contributed by atoms with E-state index in [9.17, 15) is 9.59 Å². The molecule has 0 aliphatic rings. The fourth-order valence-electron chi connectivity index (χ4n) is 1.34. The van der Waals surface area contributed by atoms with E-state index in [1.807, 2.05) is 0 Å². The van der Waals surface area contributed by atoms with Crippen molar-refractivity contribution < 1.29 is 0 Å². The Kier molecular flexibility index (Phi) is 2.73. The van der Waals surface area contributed by atoms with E-state index in [-0.39, 0.29) is 16.2 Å². The van der Waals surface area contributed by atoms with Crippen LogP contribution in [0.5, 0.6) is 0 Å². The molecule has 0 saturated heterocycles. The zero-order chi connectivity index (χ0) is 12.0. The lowest BCUT2D eigenvalue weighted by atomic mass is 10.1. The Balaban J connectivity index is 3.95. The van der Waals surface area contributed by atoms with Gasteiger partial charge in [0.25, 0.3) is 0 Å². The highest BCUT2D eigenvalue weighted by Gasteiger charge is 2.20. The average molecular weight is 229 g/mol. The smallest absolute Gasteiger partial charge is 0.273 e. The predicted molar refractivity (Wildman–Crippen MR) is 60.7 cm³/mol. The summed E-state index contributed by atoms with van der Waals surface area (Å²) in [5.41, 5.74) is -1.31. The van der Waals surface area contributed by atoms with Gasteiger partial charge in [0, 0.05) is 19.6 Å². The summed E-state index contributed by atoms with van der Waals surface area (Å²) >= 11 is 4.96. The maximum atomic E-state index is 11.9. The molecule has 84 valence electrons. The van der Waals surface area contributed by atoms with Crippen molar-refractivity contribution in [3.05, 3.63) is 25.7 Å². The number of nitrogens with zero attached hydrogens (tertiary/aromatic N) is 3. The van der Waals surface area contributed by atoms with Gasteiger partial charge in [-0.1, -0.05) is 0 Å². The van der Waals surface area contributed by atoms with Gasteiger partial charge in [0.05, 0.1) is 0 Å². The van der Waals surface area contributed by atoms with Gasteiger partial charge < -0.3 is 0 Å². The normalized spacial score (nSPS) is 11.8. The van der Waals surface area contributed by atoms with Crippen LogP contribution >= 0.6 is 12.2 Å². The first-order chi connectivity index (χ1) is 6.68. The minimum Gasteiger partial charge on any atom is -0.273 e. The number of hydrogen-bond donors (Lipinski definition) is 0. The van der Waals surface area contributed by atoms with Crippen molar-refractivity contribution in [1.82, 2.24) is 13.7 Å². The molecule has 0 aromatic carbocycles. The third-order valence-corrected chi connectivity index (χ3v) is 2.75. The molecule has 0 radical (unpaired) electrons. The first-order valence-electron chi connectivity index (χ1n) is 4.57. The monoisotopic (exact) mass is 229 g/mol. The van der Waals surface area contributed by atoms with Gasteiger partial charge >= 0.3 is 11.4 Å². The van der Waals surface area contributed by atoms with Crippen LogP contribution in [0, 0.1) is 4.77 Å².